The maximum absolute atomic E-state index is 4.61. The molecule has 1 saturated heterocycles. The quantitative estimate of drug-likeness (QED) is 0.868. The smallest absolute Gasteiger partial charge is 0.224 e. The molecule has 2 aliphatic rings. The summed E-state index contributed by atoms with van der Waals surface area (Å²) in [7, 11) is 0. The van der Waals surface area contributed by atoms with Crippen molar-refractivity contribution in [3.8, 4) is 0 Å². The third-order valence-corrected chi connectivity index (χ3v) is 3.53. The van der Waals surface area contributed by atoms with E-state index in [4.69, 9.17) is 0 Å². The highest BCUT2D eigenvalue weighted by Gasteiger charge is 2.23. The zero-order valence-corrected chi connectivity index (χ0v) is 10.4. The van der Waals surface area contributed by atoms with Gasteiger partial charge in [0.25, 0.3) is 0 Å². The highest BCUT2D eigenvalue weighted by molar-refractivity contribution is 5.43. The van der Waals surface area contributed by atoms with Gasteiger partial charge in [-0.3, -0.25) is 0 Å². The molecule has 92 valence electrons. The highest BCUT2D eigenvalue weighted by atomic mass is 15.2. The van der Waals surface area contributed by atoms with Gasteiger partial charge in [-0.15, -0.1) is 0 Å². The number of hydrogen-bond acceptors (Lipinski definition) is 4. The van der Waals surface area contributed by atoms with E-state index in [1.807, 2.05) is 12.3 Å². The number of piperidine rings is 1. The first-order valence-corrected chi connectivity index (χ1v) is 6.66. The van der Waals surface area contributed by atoms with Gasteiger partial charge in [0.15, 0.2) is 0 Å². The van der Waals surface area contributed by atoms with Crippen LogP contribution in [0.1, 0.15) is 32.6 Å². The molecule has 1 aliphatic heterocycles. The lowest BCUT2D eigenvalue weighted by Crippen LogP contribution is -2.34. The van der Waals surface area contributed by atoms with E-state index < -0.39 is 0 Å². The predicted octanol–water partition coefficient (Wildman–Crippen LogP) is 2.29. The Hall–Kier alpha value is -1.32. The van der Waals surface area contributed by atoms with E-state index in [-0.39, 0.29) is 0 Å². The van der Waals surface area contributed by atoms with E-state index in [1.165, 1.54) is 25.7 Å². The molecule has 1 unspecified atom stereocenters. The van der Waals surface area contributed by atoms with Gasteiger partial charge in [-0.2, -0.15) is 4.98 Å². The zero-order chi connectivity index (χ0) is 11.7. The molecule has 0 radical (unpaired) electrons. The molecule has 0 spiro atoms. The van der Waals surface area contributed by atoms with Crippen LogP contribution >= 0.6 is 0 Å². The van der Waals surface area contributed by atoms with Crippen LogP contribution in [0.2, 0.25) is 0 Å². The molecule has 0 bridgehead atoms. The summed E-state index contributed by atoms with van der Waals surface area (Å²) >= 11 is 0. The lowest BCUT2D eigenvalue weighted by molar-refractivity contribution is 0.444. The summed E-state index contributed by atoms with van der Waals surface area (Å²) in [6.45, 7) is 4.57. The van der Waals surface area contributed by atoms with Gasteiger partial charge in [-0.05, 0) is 37.7 Å². The molecule has 1 aliphatic carbocycles. The second-order valence-electron chi connectivity index (χ2n) is 5.35. The number of nitrogens with one attached hydrogen (secondary N) is 1. The number of hydrogen-bond donors (Lipinski definition) is 1. The van der Waals surface area contributed by atoms with Crippen molar-refractivity contribution in [1.29, 1.82) is 0 Å². The van der Waals surface area contributed by atoms with Crippen molar-refractivity contribution in [3.63, 3.8) is 0 Å². The molecule has 4 nitrogen and oxygen atoms in total. The Kier molecular flexibility index (Phi) is 2.87. The molecule has 2 fully saturated rings. The third-order valence-electron chi connectivity index (χ3n) is 3.53. The normalized spacial score (nSPS) is 24.8. The first-order valence-electron chi connectivity index (χ1n) is 6.66. The van der Waals surface area contributed by atoms with Crippen LogP contribution in [0.15, 0.2) is 12.3 Å². The lowest BCUT2D eigenvalue weighted by atomic mass is 10.0. The average Bonchev–Trinajstić information content (AvgIpc) is 3.13. The zero-order valence-electron chi connectivity index (χ0n) is 10.4. The van der Waals surface area contributed by atoms with Crippen LogP contribution in [-0.4, -0.2) is 29.1 Å². The minimum Gasteiger partial charge on any atom is -0.356 e. The number of nitrogens with zero attached hydrogens (tertiary/aromatic N) is 3. The molecule has 1 aromatic heterocycles. The van der Waals surface area contributed by atoms with Crippen LogP contribution in [0, 0.1) is 5.92 Å². The molecule has 0 aromatic carbocycles. The number of aromatic nitrogens is 2. The fraction of sp³-hybridized carbons (Fsp3) is 0.692. The minimum atomic E-state index is 0.616. The number of anilines is 2. The maximum Gasteiger partial charge on any atom is 0.224 e. The van der Waals surface area contributed by atoms with E-state index in [9.17, 15) is 0 Å². The van der Waals surface area contributed by atoms with Gasteiger partial charge in [0.1, 0.15) is 5.82 Å². The van der Waals surface area contributed by atoms with Crippen LogP contribution in [0.4, 0.5) is 11.8 Å². The van der Waals surface area contributed by atoms with Gasteiger partial charge in [-0.1, -0.05) is 6.92 Å². The van der Waals surface area contributed by atoms with Crippen molar-refractivity contribution in [3.05, 3.63) is 12.3 Å². The van der Waals surface area contributed by atoms with Crippen LogP contribution in [0.5, 0.6) is 0 Å². The Bertz CT molecular complexity index is 389. The average molecular weight is 232 g/mol. The van der Waals surface area contributed by atoms with E-state index in [0.29, 0.717) is 6.04 Å². The SMILES string of the molecule is CC1CCCN(c2ccnc(NC3CC3)n2)C1. The standard InChI is InChI=1S/C13H20N4/c1-10-3-2-8-17(9-10)12-6-7-14-13(16-12)15-11-4-5-11/h6-7,10-11H,2-5,8-9H2,1H3,(H,14,15,16). The first-order chi connectivity index (χ1) is 8.31. The molecule has 1 atom stereocenters. The van der Waals surface area contributed by atoms with Crippen LogP contribution in [0.3, 0.4) is 0 Å². The van der Waals surface area contributed by atoms with E-state index in [2.05, 4.69) is 27.1 Å². The highest BCUT2D eigenvalue weighted by Crippen LogP contribution is 2.25. The van der Waals surface area contributed by atoms with Gasteiger partial charge in [0, 0.05) is 25.3 Å². The summed E-state index contributed by atoms with van der Waals surface area (Å²) in [5.74, 6) is 2.65. The summed E-state index contributed by atoms with van der Waals surface area (Å²) in [5.41, 5.74) is 0. The summed E-state index contributed by atoms with van der Waals surface area (Å²) in [6, 6.07) is 2.64. The van der Waals surface area contributed by atoms with Gasteiger partial charge in [0.2, 0.25) is 5.95 Å². The van der Waals surface area contributed by atoms with E-state index in [1.54, 1.807) is 0 Å². The molecule has 4 heteroatoms. The fourth-order valence-electron chi connectivity index (χ4n) is 2.40. The molecule has 1 aromatic rings. The molecule has 17 heavy (non-hydrogen) atoms. The monoisotopic (exact) mass is 232 g/mol. The Balaban J connectivity index is 1.72. The molecule has 1 saturated carbocycles. The van der Waals surface area contributed by atoms with Crippen molar-refractivity contribution in [2.24, 2.45) is 5.92 Å². The van der Waals surface area contributed by atoms with E-state index in [0.717, 1.165) is 30.8 Å². The summed E-state index contributed by atoms with van der Waals surface area (Å²) < 4.78 is 0. The van der Waals surface area contributed by atoms with Crippen LogP contribution < -0.4 is 10.2 Å². The third kappa shape index (κ3) is 2.68. The number of rotatable bonds is 3. The van der Waals surface area contributed by atoms with Crippen LogP contribution in [0.25, 0.3) is 0 Å². The second kappa shape index (κ2) is 4.51. The van der Waals surface area contributed by atoms with Gasteiger partial charge < -0.3 is 10.2 Å². The predicted molar refractivity (Wildman–Crippen MR) is 69.3 cm³/mol. The molecule has 0 amide bonds. The molecule has 1 N–H and O–H groups in total. The van der Waals surface area contributed by atoms with Gasteiger partial charge in [-0.25, -0.2) is 4.98 Å². The Morgan fingerprint density at radius 1 is 1.35 bits per heavy atom. The Morgan fingerprint density at radius 3 is 3.00 bits per heavy atom. The molecule has 3 rings (SSSR count). The lowest BCUT2D eigenvalue weighted by Gasteiger charge is -2.31. The van der Waals surface area contributed by atoms with Crippen molar-refractivity contribution < 1.29 is 0 Å². The maximum atomic E-state index is 4.61. The Morgan fingerprint density at radius 2 is 2.24 bits per heavy atom. The van der Waals surface area contributed by atoms with Gasteiger partial charge in [0.05, 0.1) is 0 Å². The summed E-state index contributed by atoms with van der Waals surface area (Å²) in [4.78, 5) is 11.3. The molecule has 2 heterocycles. The van der Waals surface area contributed by atoms with Crippen LogP contribution in [-0.2, 0) is 0 Å². The summed E-state index contributed by atoms with van der Waals surface area (Å²) in [5, 5.41) is 3.36. The largest absolute Gasteiger partial charge is 0.356 e. The van der Waals surface area contributed by atoms with Gasteiger partial charge >= 0.3 is 0 Å². The second-order valence-corrected chi connectivity index (χ2v) is 5.35. The van der Waals surface area contributed by atoms with Crippen molar-refractivity contribution in [2.75, 3.05) is 23.3 Å². The fourth-order valence-corrected chi connectivity index (χ4v) is 2.40. The first kappa shape index (κ1) is 10.8. The Labute approximate surface area is 102 Å². The topological polar surface area (TPSA) is 41.1 Å². The van der Waals surface area contributed by atoms with Crippen molar-refractivity contribution in [1.82, 2.24) is 9.97 Å². The molecular formula is C13H20N4. The van der Waals surface area contributed by atoms with Crippen molar-refractivity contribution in [2.45, 2.75) is 38.6 Å². The minimum absolute atomic E-state index is 0.616. The molecular weight excluding hydrogens is 212 g/mol. The van der Waals surface area contributed by atoms with E-state index >= 15 is 0 Å². The summed E-state index contributed by atoms with van der Waals surface area (Å²) in [6.07, 6.45) is 7.00. The van der Waals surface area contributed by atoms with Crippen molar-refractivity contribution >= 4 is 11.8 Å².